The summed E-state index contributed by atoms with van der Waals surface area (Å²) in [4.78, 5) is 13.0. The molecule has 1 rings (SSSR count). The molecule has 0 saturated carbocycles. The number of rotatable bonds is 5. The van der Waals surface area contributed by atoms with Gasteiger partial charge in [0.25, 0.3) is 5.22 Å². The highest BCUT2D eigenvalue weighted by Crippen LogP contribution is 2.15. The lowest BCUT2D eigenvalue weighted by atomic mass is 10.4. The molecule has 1 aromatic rings. The second-order valence-electron chi connectivity index (χ2n) is 3.10. The van der Waals surface area contributed by atoms with Gasteiger partial charge in [0.05, 0.1) is 18.2 Å². The van der Waals surface area contributed by atoms with Gasteiger partial charge in [0.15, 0.2) is 0 Å². The zero-order valence-electron chi connectivity index (χ0n) is 9.13. The predicted molar refractivity (Wildman–Crippen MR) is 57.6 cm³/mol. The number of nitrogens with zero attached hydrogens (tertiary/aromatic N) is 4. The normalized spacial score (nSPS) is 9.81. The molecule has 0 bridgehead atoms. The van der Waals surface area contributed by atoms with E-state index >= 15 is 0 Å². The van der Waals surface area contributed by atoms with E-state index < -0.39 is 0 Å². The molecule has 0 radical (unpaired) electrons. The number of thioether (sulfide) groups is 1. The zero-order chi connectivity index (χ0) is 12.0. The smallest absolute Gasteiger partial charge is 0.277 e. The summed E-state index contributed by atoms with van der Waals surface area (Å²) in [5.41, 5.74) is 0. The third-order valence-electron chi connectivity index (χ3n) is 1.81. The van der Waals surface area contributed by atoms with Crippen LogP contribution in [0.15, 0.2) is 9.64 Å². The summed E-state index contributed by atoms with van der Waals surface area (Å²) < 4.78 is 5.11. The minimum absolute atomic E-state index is 0.0592. The summed E-state index contributed by atoms with van der Waals surface area (Å²) in [5, 5.41) is 16.2. The number of aromatic nitrogens is 2. The van der Waals surface area contributed by atoms with Crippen LogP contribution in [0.3, 0.4) is 0 Å². The molecule has 16 heavy (non-hydrogen) atoms. The van der Waals surface area contributed by atoms with E-state index in [9.17, 15) is 4.79 Å². The van der Waals surface area contributed by atoms with E-state index in [1.807, 2.05) is 6.07 Å². The van der Waals surface area contributed by atoms with E-state index in [0.717, 1.165) is 0 Å². The molecule has 0 unspecified atom stereocenters. The van der Waals surface area contributed by atoms with Gasteiger partial charge < -0.3 is 9.32 Å². The molecule has 0 aliphatic heterocycles. The van der Waals surface area contributed by atoms with Crippen LogP contribution >= 0.6 is 11.8 Å². The van der Waals surface area contributed by atoms with E-state index in [0.29, 0.717) is 24.1 Å². The van der Waals surface area contributed by atoms with Gasteiger partial charge in [-0.05, 0) is 0 Å². The van der Waals surface area contributed by atoms with Crippen LogP contribution < -0.4 is 0 Å². The van der Waals surface area contributed by atoms with Crippen molar-refractivity contribution >= 4 is 17.7 Å². The molecule has 0 atom stereocenters. The third kappa shape index (κ3) is 3.90. The number of nitriles is 1. The average Bonchev–Trinajstić information content (AvgIpc) is 2.68. The summed E-state index contributed by atoms with van der Waals surface area (Å²) in [5.74, 6) is 0.660. The molecular formula is C9H12N4O2S. The SMILES string of the molecule is Cc1nnc(SCC(=O)N(C)CCC#N)o1. The Labute approximate surface area is 97.6 Å². The van der Waals surface area contributed by atoms with E-state index in [-0.39, 0.29) is 11.7 Å². The van der Waals surface area contributed by atoms with E-state index in [1.165, 1.54) is 16.7 Å². The van der Waals surface area contributed by atoms with Gasteiger partial charge in [-0.2, -0.15) is 5.26 Å². The van der Waals surface area contributed by atoms with Crippen molar-refractivity contribution in [1.82, 2.24) is 15.1 Å². The fourth-order valence-electron chi connectivity index (χ4n) is 0.913. The average molecular weight is 240 g/mol. The third-order valence-corrected chi connectivity index (χ3v) is 2.61. The van der Waals surface area contributed by atoms with Crippen LogP contribution in [0.2, 0.25) is 0 Å². The largest absolute Gasteiger partial charge is 0.416 e. The highest BCUT2D eigenvalue weighted by Gasteiger charge is 2.11. The Bertz CT molecular complexity index is 398. The number of carbonyl (C=O) groups excluding carboxylic acids is 1. The van der Waals surface area contributed by atoms with Crippen LogP contribution in [0.1, 0.15) is 12.3 Å². The second-order valence-corrected chi connectivity index (χ2v) is 4.03. The standard InChI is InChI=1S/C9H12N4O2S/c1-7-11-12-9(15-7)16-6-8(14)13(2)5-3-4-10/h3,5-6H2,1-2H3. The van der Waals surface area contributed by atoms with Crippen LogP contribution in [-0.2, 0) is 4.79 Å². The van der Waals surface area contributed by atoms with Gasteiger partial charge in [-0.25, -0.2) is 0 Å². The molecule has 1 amide bonds. The highest BCUT2D eigenvalue weighted by atomic mass is 32.2. The Morgan fingerprint density at radius 1 is 1.62 bits per heavy atom. The van der Waals surface area contributed by atoms with E-state index in [1.54, 1.807) is 14.0 Å². The number of carbonyl (C=O) groups is 1. The number of amides is 1. The van der Waals surface area contributed by atoms with Gasteiger partial charge in [-0.1, -0.05) is 11.8 Å². The minimum atomic E-state index is -0.0592. The van der Waals surface area contributed by atoms with Crippen molar-refractivity contribution in [3.05, 3.63) is 5.89 Å². The first-order valence-electron chi connectivity index (χ1n) is 4.67. The number of hydrogen-bond donors (Lipinski definition) is 0. The van der Waals surface area contributed by atoms with Crippen molar-refractivity contribution in [2.45, 2.75) is 18.6 Å². The number of aryl methyl sites for hydroxylation is 1. The topological polar surface area (TPSA) is 83.0 Å². The molecule has 0 aliphatic rings. The molecule has 86 valence electrons. The fraction of sp³-hybridized carbons (Fsp3) is 0.556. The van der Waals surface area contributed by atoms with E-state index in [2.05, 4.69) is 10.2 Å². The van der Waals surface area contributed by atoms with Crippen molar-refractivity contribution in [1.29, 1.82) is 5.26 Å². The zero-order valence-corrected chi connectivity index (χ0v) is 9.95. The summed E-state index contributed by atoms with van der Waals surface area (Å²) in [7, 11) is 1.67. The van der Waals surface area contributed by atoms with E-state index in [4.69, 9.17) is 9.68 Å². The van der Waals surface area contributed by atoms with Crippen LogP contribution in [0.5, 0.6) is 0 Å². The van der Waals surface area contributed by atoms with Crippen LogP contribution in [0.25, 0.3) is 0 Å². The summed E-state index contributed by atoms with van der Waals surface area (Å²) in [6.07, 6.45) is 0.340. The van der Waals surface area contributed by atoms with Gasteiger partial charge in [0, 0.05) is 20.5 Å². The molecule has 0 N–H and O–H groups in total. The lowest BCUT2D eigenvalue weighted by molar-refractivity contribution is -0.127. The molecule has 6 nitrogen and oxygen atoms in total. The molecule has 0 fully saturated rings. The Kier molecular flexibility index (Phi) is 4.79. The molecule has 1 heterocycles. The maximum atomic E-state index is 11.5. The molecule has 1 aromatic heterocycles. The second kappa shape index (κ2) is 6.12. The van der Waals surface area contributed by atoms with Gasteiger partial charge in [-0.3, -0.25) is 4.79 Å². The Morgan fingerprint density at radius 3 is 2.94 bits per heavy atom. The quantitative estimate of drug-likeness (QED) is 0.709. The predicted octanol–water partition coefficient (Wildman–Crippen LogP) is 0.842. The molecular weight excluding hydrogens is 228 g/mol. The molecule has 0 aromatic carbocycles. The minimum Gasteiger partial charge on any atom is -0.416 e. The van der Waals surface area contributed by atoms with Crippen molar-refractivity contribution in [2.75, 3.05) is 19.3 Å². The van der Waals surface area contributed by atoms with Crippen LogP contribution in [0.4, 0.5) is 0 Å². The van der Waals surface area contributed by atoms with Crippen LogP contribution in [-0.4, -0.2) is 40.3 Å². The Morgan fingerprint density at radius 2 is 2.38 bits per heavy atom. The Hall–Kier alpha value is -1.55. The van der Waals surface area contributed by atoms with Crippen molar-refractivity contribution < 1.29 is 9.21 Å². The van der Waals surface area contributed by atoms with Crippen molar-refractivity contribution in [3.8, 4) is 6.07 Å². The maximum absolute atomic E-state index is 11.5. The fourth-order valence-corrected chi connectivity index (χ4v) is 1.66. The van der Waals surface area contributed by atoms with Gasteiger partial charge in [-0.15, -0.1) is 10.2 Å². The maximum Gasteiger partial charge on any atom is 0.277 e. The first-order valence-corrected chi connectivity index (χ1v) is 5.66. The summed E-state index contributed by atoms with van der Waals surface area (Å²) in [6.45, 7) is 2.14. The van der Waals surface area contributed by atoms with Crippen LogP contribution in [0, 0.1) is 18.3 Å². The molecule has 0 aliphatic carbocycles. The first kappa shape index (κ1) is 12.5. The summed E-state index contributed by atoms with van der Waals surface area (Å²) >= 11 is 1.20. The van der Waals surface area contributed by atoms with Crippen molar-refractivity contribution in [3.63, 3.8) is 0 Å². The number of hydrogen-bond acceptors (Lipinski definition) is 6. The molecule has 0 spiro atoms. The Balaban J connectivity index is 2.32. The lowest BCUT2D eigenvalue weighted by Crippen LogP contribution is -2.29. The van der Waals surface area contributed by atoms with Crippen molar-refractivity contribution in [2.24, 2.45) is 0 Å². The van der Waals surface area contributed by atoms with Gasteiger partial charge >= 0.3 is 0 Å². The van der Waals surface area contributed by atoms with Gasteiger partial charge in [0.2, 0.25) is 11.8 Å². The summed E-state index contributed by atoms with van der Waals surface area (Å²) in [6, 6.07) is 1.99. The molecule has 7 heteroatoms. The monoisotopic (exact) mass is 240 g/mol. The first-order chi connectivity index (χ1) is 7.63. The molecule has 0 saturated heterocycles. The highest BCUT2D eigenvalue weighted by molar-refractivity contribution is 7.99. The van der Waals surface area contributed by atoms with Gasteiger partial charge in [0.1, 0.15) is 0 Å². The lowest BCUT2D eigenvalue weighted by Gasteiger charge is -2.13.